The zero-order valence-electron chi connectivity index (χ0n) is 19.2. The molecule has 172 valence electrons. The number of aromatic amines is 1. The highest BCUT2D eigenvalue weighted by Gasteiger charge is 2.48. The van der Waals surface area contributed by atoms with Gasteiger partial charge in [0.1, 0.15) is 5.76 Å². The molecule has 5 rings (SSSR count). The first-order chi connectivity index (χ1) is 15.5. The summed E-state index contributed by atoms with van der Waals surface area (Å²) in [5, 5.41) is 11.7. The number of rotatable bonds is 5. The largest absolute Gasteiger partial charge is 0.361 e. The van der Waals surface area contributed by atoms with Gasteiger partial charge in [-0.15, -0.1) is 0 Å². The zero-order valence-corrected chi connectivity index (χ0v) is 19.2. The van der Waals surface area contributed by atoms with Gasteiger partial charge in [0.2, 0.25) is 5.91 Å². The van der Waals surface area contributed by atoms with Crippen molar-refractivity contribution in [3.63, 3.8) is 0 Å². The van der Waals surface area contributed by atoms with Crippen LogP contribution in [0.25, 0.3) is 0 Å². The van der Waals surface area contributed by atoms with Gasteiger partial charge in [-0.25, -0.2) is 0 Å². The van der Waals surface area contributed by atoms with Crippen LogP contribution >= 0.6 is 0 Å². The summed E-state index contributed by atoms with van der Waals surface area (Å²) < 4.78 is 5.72. The van der Waals surface area contributed by atoms with E-state index in [1.165, 1.54) is 19.3 Å². The molecule has 0 aromatic carbocycles. The number of aryl methyl sites for hydroxylation is 1. The maximum atomic E-state index is 13.3. The molecule has 2 amide bonds. The molecule has 0 spiro atoms. The fourth-order valence-electron chi connectivity index (χ4n) is 5.90. The fourth-order valence-corrected chi connectivity index (χ4v) is 5.90. The Hall–Kier alpha value is -2.64. The lowest BCUT2D eigenvalue weighted by atomic mass is 9.80. The number of likely N-dealkylation sites (tertiary alicyclic amines) is 1. The summed E-state index contributed by atoms with van der Waals surface area (Å²) in [7, 11) is 3.56. The standard InChI is InChI=1S/C24H33N5O3/c1-28(2)23(31)24(14-17-13-20(27-32-17)16-7-4-3-5-8-16)11-12-29(15-24)22(30)21-18-9-6-10-19(18)25-26-21/h13,16H,3-12,14-15H2,1-2H3,(H,25,26). The van der Waals surface area contributed by atoms with Crippen LogP contribution in [0.2, 0.25) is 0 Å². The van der Waals surface area contributed by atoms with Crippen LogP contribution in [0.4, 0.5) is 0 Å². The molecule has 2 fully saturated rings. The molecule has 32 heavy (non-hydrogen) atoms. The molecule has 0 radical (unpaired) electrons. The van der Waals surface area contributed by atoms with Crippen molar-refractivity contribution in [1.29, 1.82) is 0 Å². The normalized spacial score (nSPS) is 23.5. The van der Waals surface area contributed by atoms with Crippen LogP contribution in [0.3, 0.4) is 0 Å². The van der Waals surface area contributed by atoms with E-state index in [0.717, 1.165) is 54.8 Å². The lowest BCUT2D eigenvalue weighted by molar-refractivity contribution is -0.139. The van der Waals surface area contributed by atoms with Gasteiger partial charge in [-0.1, -0.05) is 24.4 Å². The van der Waals surface area contributed by atoms with E-state index < -0.39 is 5.41 Å². The molecule has 1 atom stereocenters. The fraction of sp³-hybridized carbons (Fsp3) is 0.667. The second-order valence-corrected chi connectivity index (χ2v) is 10.1. The third-order valence-corrected chi connectivity index (χ3v) is 7.62. The minimum atomic E-state index is -0.692. The molecule has 3 aliphatic rings. The molecule has 1 unspecified atom stereocenters. The first-order valence-corrected chi connectivity index (χ1v) is 12.0. The monoisotopic (exact) mass is 439 g/mol. The number of hydrogen-bond acceptors (Lipinski definition) is 5. The number of aromatic nitrogens is 3. The number of carbonyl (C=O) groups is 2. The predicted octanol–water partition coefficient (Wildman–Crippen LogP) is 3.10. The van der Waals surface area contributed by atoms with Crippen LogP contribution in [-0.2, 0) is 24.1 Å². The van der Waals surface area contributed by atoms with E-state index in [4.69, 9.17) is 4.52 Å². The van der Waals surface area contributed by atoms with E-state index in [1.54, 1.807) is 23.9 Å². The third-order valence-electron chi connectivity index (χ3n) is 7.62. The van der Waals surface area contributed by atoms with Crippen molar-refractivity contribution in [2.75, 3.05) is 27.2 Å². The number of fused-ring (bicyclic) bond motifs is 1. The van der Waals surface area contributed by atoms with Crippen LogP contribution in [-0.4, -0.2) is 64.2 Å². The molecular formula is C24H33N5O3. The van der Waals surface area contributed by atoms with Crippen molar-refractivity contribution in [1.82, 2.24) is 25.2 Å². The van der Waals surface area contributed by atoms with Crippen LogP contribution in [0, 0.1) is 5.41 Å². The maximum absolute atomic E-state index is 13.3. The lowest BCUT2D eigenvalue weighted by Crippen LogP contribution is -2.44. The van der Waals surface area contributed by atoms with E-state index in [2.05, 4.69) is 15.4 Å². The summed E-state index contributed by atoms with van der Waals surface area (Å²) in [6.07, 6.45) is 10.1. The Morgan fingerprint density at radius 3 is 2.81 bits per heavy atom. The molecular weight excluding hydrogens is 406 g/mol. The molecule has 1 N–H and O–H groups in total. The van der Waals surface area contributed by atoms with Gasteiger partial charge < -0.3 is 14.3 Å². The Bertz CT molecular complexity index is 1000. The minimum Gasteiger partial charge on any atom is -0.361 e. The second kappa shape index (κ2) is 8.37. The van der Waals surface area contributed by atoms with Crippen molar-refractivity contribution in [3.8, 4) is 0 Å². The average molecular weight is 440 g/mol. The maximum Gasteiger partial charge on any atom is 0.274 e. The van der Waals surface area contributed by atoms with Crippen LogP contribution < -0.4 is 0 Å². The second-order valence-electron chi connectivity index (χ2n) is 10.1. The van der Waals surface area contributed by atoms with Gasteiger partial charge in [0.15, 0.2) is 5.69 Å². The van der Waals surface area contributed by atoms with E-state index in [9.17, 15) is 9.59 Å². The molecule has 1 saturated heterocycles. The Labute approximate surface area is 188 Å². The summed E-state index contributed by atoms with van der Waals surface area (Å²) in [5.74, 6) is 1.18. The highest BCUT2D eigenvalue weighted by atomic mass is 16.5. The van der Waals surface area contributed by atoms with Gasteiger partial charge in [0.25, 0.3) is 5.91 Å². The Morgan fingerprint density at radius 1 is 1.22 bits per heavy atom. The number of H-pyrrole nitrogens is 1. The Kier molecular flexibility index (Phi) is 5.55. The van der Waals surface area contributed by atoms with E-state index in [0.29, 0.717) is 37.5 Å². The van der Waals surface area contributed by atoms with Crippen LogP contribution in [0.15, 0.2) is 10.6 Å². The van der Waals surface area contributed by atoms with Crippen molar-refractivity contribution >= 4 is 11.8 Å². The van der Waals surface area contributed by atoms with Gasteiger partial charge >= 0.3 is 0 Å². The summed E-state index contributed by atoms with van der Waals surface area (Å²) >= 11 is 0. The highest BCUT2D eigenvalue weighted by Crippen LogP contribution is 2.39. The van der Waals surface area contributed by atoms with Gasteiger partial charge in [-0.3, -0.25) is 14.7 Å². The van der Waals surface area contributed by atoms with Gasteiger partial charge in [-0.2, -0.15) is 5.10 Å². The third kappa shape index (κ3) is 3.73. The lowest BCUT2D eigenvalue weighted by Gasteiger charge is -2.30. The number of carbonyl (C=O) groups excluding carboxylic acids is 2. The van der Waals surface area contributed by atoms with E-state index in [-0.39, 0.29) is 11.8 Å². The van der Waals surface area contributed by atoms with Crippen LogP contribution in [0.5, 0.6) is 0 Å². The molecule has 1 aliphatic heterocycles. The van der Waals surface area contributed by atoms with Crippen molar-refractivity contribution < 1.29 is 14.1 Å². The average Bonchev–Trinajstić information content (AvgIpc) is 3.58. The number of nitrogens with one attached hydrogen (secondary N) is 1. The molecule has 8 heteroatoms. The van der Waals surface area contributed by atoms with Crippen molar-refractivity contribution in [2.45, 2.75) is 70.1 Å². The molecule has 0 bridgehead atoms. The molecule has 8 nitrogen and oxygen atoms in total. The van der Waals surface area contributed by atoms with Crippen LogP contribution in [0.1, 0.15) is 84.1 Å². The molecule has 2 aromatic heterocycles. The van der Waals surface area contributed by atoms with Gasteiger partial charge in [0.05, 0.1) is 11.1 Å². The zero-order chi connectivity index (χ0) is 22.3. The molecule has 2 aliphatic carbocycles. The van der Waals surface area contributed by atoms with Crippen molar-refractivity contribution in [3.05, 3.63) is 34.5 Å². The molecule has 1 saturated carbocycles. The summed E-state index contributed by atoms with van der Waals surface area (Å²) in [6.45, 7) is 0.924. The summed E-state index contributed by atoms with van der Waals surface area (Å²) in [5.41, 5.74) is 3.00. The molecule has 3 heterocycles. The topological polar surface area (TPSA) is 95.3 Å². The number of hydrogen-bond donors (Lipinski definition) is 1. The SMILES string of the molecule is CN(C)C(=O)C1(Cc2cc(C3CCCCC3)no2)CCN(C(=O)c2n[nH]c3c2CCC3)C1. The van der Waals surface area contributed by atoms with Gasteiger partial charge in [-0.05, 0) is 38.5 Å². The Balaban J connectivity index is 1.35. The van der Waals surface area contributed by atoms with Gasteiger partial charge in [0, 0.05) is 56.8 Å². The minimum absolute atomic E-state index is 0.0377. The highest BCUT2D eigenvalue weighted by molar-refractivity contribution is 5.95. The summed E-state index contributed by atoms with van der Waals surface area (Å²) in [6, 6.07) is 2.05. The predicted molar refractivity (Wildman–Crippen MR) is 118 cm³/mol. The van der Waals surface area contributed by atoms with E-state index >= 15 is 0 Å². The summed E-state index contributed by atoms with van der Waals surface area (Å²) in [4.78, 5) is 30.1. The molecule has 2 aromatic rings. The first kappa shape index (κ1) is 21.2. The Morgan fingerprint density at radius 2 is 2.03 bits per heavy atom. The van der Waals surface area contributed by atoms with E-state index in [1.807, 2.05) is 6.07 Å². The smallest absolute Gasteiger partial charge is 0.274 e. The first-order valence-electron chi connectivity index (χ1n) is 12.0. The van der Waals surface area contributed by atoms with Crippen molar-refractivity contribution in [2.24, 2.45) is 5.41 Å². The number of amides is 2. The number of nitrogens with zero attached hydrogens (tertiary/aromatic N) is 4. The quantitative estimate of drug-likeness (QED) is 0.772.